The Labute approximate surface area is 171 Å². The van der Waals surface area contributed by atoms with Crippen LogP contribution in [0, 0.1) is 5.92 Å². The molecule has 0 aromatic heterocycles. The standard InChI is InChI=1S/C20H31F3N2O3S/c1-25(29(27,28)19-11-7-17(8-12-19)20(21,22)23)18-9-5-16(6-10-18)4-2-3-13-24-14-15-26/h7-8,11-12,16,18,24,26H,2-6,9-10,13-15H2,1H3. The van der Waals surface area contributed by atoms with Gasteiger partial charge in [-0.1, -0.05) is 12.8 Å². The Bertz CT molecular complexity index is 715. The summed E-state index contributed by atoms with van der Waals surface area (Å²) < 4.78 is 65.0. The molecule has 0 saturated heterocycles. The van der Waals surface area contributed by atoms with Gasteiger partial charge < -0.3 is 10.4 Å². The van der Waals surface area contributed by atoms with Crippen molar-refractivity contribution in [1.82, 2.24) is 9.62 Å². The second-order valence-corrected chi connectivity index (χ2v) is 9.68. The van der Waals surface area contributed by atoms with Crippen molar-refractivity contribution in [2.75, 3.05) is 26.7 Å². The molecule has 1 aromatic rings. The molecule has 0 unspecified atom stereocenters. The molecule has 166 valence electrons. The van der Waals surface area contributed by atoms with Crippen molar-refractivity contribution in [3.8, 4) is 0 Å². The van der Waals surface area contributed by atoms with Crippen LogP contribution in [0.1, 0.15) is 50.5 Å². The van der Waals surface area contributed by atoms with Crippen LogP contribution >= 0.6 is 0 Å². The summed E-state index contributed by atoms with van der Waals surface area (Å²) >= 11 is 0. The van der Waals surface area contributed by atoms with Crippen LogP contribution in [0.2, 0.25) is 0 Å². The Balaban J connectivity index is 1.84. The Morgan fingerprint density at radius 3 is 2.24 bits per heavy atom. The summed E-state index contributed by atoms with van der Waals surface area (Å²) in [4.78, 5) is -0.106. The fourth-order valence-corrected chi connectivity index (χ4v) is 5.28. The first-order valence-corrected chi connectivity index (χ1v) is 11.6. The predicted octanol–water partition coefficient (Wildman–Crippen LogP) is 3.64. The van der Waals surface area contributed by atoms with Crippen molar-refractivity contribution in [1.29, 1.82) is 0 Å². The molecule has 5 nitrogen and oxygen atoms in total. The van der Waals surface area contributed by atoms with Crippen LogP contribution in [0.3, 0.4) is 0 Å². The van der Waals surface area contributed by atoms with Crippen molar-refractivity contribution in [2.24, 2.45) is 5.92 Å². The van der Waals surface area contributed by atoms with Gasteiger partial charge in [0.15, 0.2) is 0 Å². The topological polar surface area (TPSA) is 69.6 Å². The van der Waals surface area contributed by atoms with Gasteiger partial charge in [0.05, 0.1) is 17.1 Å². The molecule has 1 aliphatic carbocycles. The van der Waals surface area contributed by atoms with Crippen LogP contribution in [-0.2, 0) is 16.2 Å². The van der Waals surface area contributed by atoms with E-state index >= 15 is 0 Å². The molecule has 0 radical (unpaired) electrons. The molecule has 0 bridgehead atoms. The number of aliphatic hydroxyl groups excluding tert-OH is 1. The van der Waals surface area contributed by atoms with Crippen molar-refractivity contribution in [3.63, 3.8) is 0 Å². The predicted molar refractivity (Wildman–Crippen MR) is 106 cm³/mol. The van der Waals surface area contributed by atoms with E-state index in [0.29, 0.717) is 12.5 Å². The fourth-order valence-electron chi connectivity index (χ4n) is 3.86. The van der Waals surface area contributed by atoms with Crippen molar-refractivity contribution >= 4 is 10.0 Å². The maximum absolute atomic E-state index is 12.8. The zero-order valence-corrected chi connectivity index (χ0v) is 17.6. The molecule has 1 aromatic carbocycles. The Hall–Kier alpha value is -1.16. The highest BCUT2D eigenvalue weighted by molar-refractivity contribution is 7.89. The number of halogens is 3. The number of hydrogen-bond donors (Lipinski definition) is 2. The molecule has 0 aliphatic heterocycles. The van der Waals surface area contributed by atoms with Gasteiger partial charge in [-0.05, 0) is 68.8 Å². The maximum Gasteiger partial charge on any atom is 0.416 e. The Kier molecular flexibility index (Phi) is 8.93. The molecule has 0 spiro atoms. The van der Waals surface area contributed by atoms with Gasteiger partial charge in [-0.2, -0.15) is 17.5 Å². The lowest BCUT2D eigenvalue weighted by atomic mass is 9.83. The first-order valence-electron chi connectivity index (χ1n) is 10.1. The lowest BCUT2D eigenvalue weighted by Gasteiger charge is -2.34. The highest BCUT2D eigenvalue weighted by Gasteiger charge is 2.33. The van der Waals surface area contributed by atoms with E-state index in [0.717, 1.165) is 75.8 Å². The van der Waals surface area contributed by atoms with Crippen LogP contribution in [0.25, 0.3) is 0 Å². The molecular formula is C20H31F3N2O3S. The minimum absolute atomic E-state index is 0.106. The smallest absolute Gasteiger partial charge is 0.395 e. The summed E-state index contributed by atoms with van der Waals surface area (Å²) in [6.45, 7) is 1.65. The highest BCUT2D eigenvalue weighted by atomic mass is 32.2. The third kappa shape index (κ3) is 6.94. The highest BCUT2D eigenvalue weighted by Crippen LogP contribution is 2.33. The van der Waals surface area contributed by atoms with Crippen LogP contribution in [0.4, 0.5) is 13.2 Å². The van der Waals surface area contributed by atoms with Crippen LogP contribution in [0.15, 0.2) is 29.2 Å². The van der Waals surface area contributed by atoms with E-state index in [4.69, 9.17) is 5.11 Å². The number of aliphatic hydroxyl groups is 1. The summed E-state index contributed by atoms with van der Waals surface area (Å²) in [7, 11) is -2.29. The Morgan fingerprint density at radius 2 is 1.69 bits per heavy atom. The number of hydrogen-bond acceptors (Lipinski definition) is 4. The summed E-state index contributed by atoms with van der Waals surface area (Å²) in [5, 5.41) is 11.9. The summed E-state index contributed by atoms with van der Waals surface area (Å²) in [5.74, 6) is 0.589. The summed E-state index contributed by atoms with van der Waals surface area (Å²) in [6, 6.07) is 3.57. The second kappa shape index (κ2) is 10.7. The van der Waals surface area contributed by atoms with Gasteiger partial charge in [-0.25, -0.2) is 8.42 Å². The van der Waals surface area contributed by atoms with Gasteiger partial charge in [0.2, 0.25) is 10.0 Å². The third-order valence-electron chi connectivity index (χ3n) is 5.69. The average molecular weight is 437 g/mol. The van der Waals surface area contributed by atoms with E-state index in [1.807, 2.05) is 0 Å². The number of nitrogens with zero attached hydrogens (tertiary/aromatic N) is 1. The van der Waals surface area contributed by atoms with Crippen LogP contribution < -0.4 is 5.32 Å². The lowest BCUT2D eigenvalue weighted by Crippen LogP contribution is -2.39. The molecule has 0 heterocycles. The first-order chi connectivity index (χ1) is 13.7. The third-order valence-corrected chi connectivity index (χ3v) is 7.62. The van der Waals surface area contributed by atoms with E-state index in [-0.39, 0.29) is 17.5 Å². The maximum atomic E-state index is 12.8. The molecule has 9 heteroatoms. The lowest BCUT2D eigenvalue weighted by molar-refractivity contribution is -0.137. The number of unbranched alkanes of at least 4 members (excludes halogenated alkanes) is 1. The number of rotatable bonds is 10. The summed E-state index contributed by atoms with van der Waals surface area (Å²) in [6.07, 6.45) is 2.25. The monoisotopic (exact) mass is 436 g/mol. The van der Waals surface area contributed by atoms with Crippen LogP contribution in [-0.4, -0.2) is 50.6 Å². The van der Waals surface area contributed by atoms with E-state index < -0.39 is 21.8 Å². The average Bonchev–Trinajstić information content (AvgIpc) is 2.70. The number of benzene rings is 1. The molecule has 29 heavy (non-hydrogen) atoms. The van der Waals surface area contributed by atoms with Gasteiger partial charge in [0, 0.05) is 19.6 Å². The van der Waals surface area contributed by atoms with Crippen LogP contribution in [0.5, 0.6) is 0 Å². The van der Waals surface area contributed by atoms with E-state index in [2.05, 4.69) is 5.32 Å². The SMILES string of the molecule is CN(C1CCC(CCCCNCCO)CC1)S(=O)(=O)c1ccc(C(F)(F)F)cc1. The molecule has 2 N–H and O–H groups in total. The number of nitrogens with one attached hydrogen (secondary N) is 1. The zero-order chi connectivity index (χ0) is 21.5. The van der Waals surface area contributed by atoms with Crippen molar-refractivity contribution in [2.45, 2.75) is 62.1 Å². The first kappa shape index (κ1) is 24.1. The number of sulfonamides is 1. The van der Waals surface area contributed by atoms with Gasteiger partial charge in [0.25, 0.3) is 0 Å². The largest absolute Gasteiger partial charge is 0.416 e. The summed E-state index contributed by atoms with van der Waals surface area (Å²) in [5.41, 5.74) is -0.855. The fraction of sp³-hybridized carbons (Fsp3) is 0.700. The van der Waals surface area contributed by atoms with E-state index in [1.165, 1.54) is 11.4 Å². The Morgan fingerprint density at radius 1 is 1.07 bits per heavy atom. The quantitative estimate of drug-likeness (QED) is 0.550. The van der Waals surface area contributed by atoms with E-state index in [9.17, 15) is 21.6 Å². The molecule has 0 amide bonds. The van der Waals surface area contributed by atoms with Gasteiger partial charge in [-0.3, -0.25) is 0 Å². The van der Waals surface area contributed by atoms with Gasteiger partial charge >= 0.3 is 6.18 Å². The molecule has 1 aliphatic rings. The molecule has 0 atom stereocenters. The molecule has 1 saturated carbocycles. The van der Waals surface area contributed by atoms with Gasteiger partial charge in [0.1, 0.15) is 0 Å². The van der Waals surface area contributed by atoms with E-state index in [1.54, 1.807) is 0 Å². The minimum Gasteiger partial charge on any atom is -0.395 e. The van der Waals surface area contributed by atoms with Crippen molar-refractivity contribution in [3.05, 3.63) is 29.8 Å². The normalized spacial score (nSPS) is 20.9. The minimum atomic E-state index is -4.48. The number of alkyl halides is 3. The molecular weight excluding hydrogens is 405 g/mol. The second-order valence-electron chi connectivity index (χ2n) is 7.69. The molecule has 2 rings (SSSR count). The zero-order valence-electron chi connectivity index (χ0n) is 16.8. The molecule has 1 fully saturated rings. The van der Waals surface area contributed by atoms with Gasteiger partial charge in [-0.15, -0.1) is 0 Å². The van der Waals surface area contributed by atoms with Crippen molar-refractivity contribution < 1.29 is 26.7 Å².